The van der Waals surface area contributed by atoms with Crippen LogP contribution in [0.4, 0.5) is 17.6 Å². The van der Waals surface area contributed by atoms with Gasteiger partial charge in [0.25, 0.3) is 0 Å². The van der Waals surface area contributed by atoms with Crippen molar-refractivity contribution >= 4 is 22.1 Å². The Morgan fingerprint density at radius 1 is 0.846 bits per heavy atom. The Morgan fingerprint density at radius 2 is 1.36 bits per heavy atom. The lowest BCUT2D eigenvalue weighted by Gasteiger charge is -2.44. The number of hydrogen-bond acceptors (Lipinski definition) is 6. The second-order valence-electron chi connectivity index (χ2n) is 9.26. The van der Waals surface area contributed by atoms with Crippen molar-refractivity contribution in [1.82, 2.24) is 0 Å². The number of rotatable bonds is 7. The monoisotopic (exact) mass is 564 g/mol. The number of fused-ring (bicyclic) bond motifs is 1. The Morgan fingerprint density at radius 3 is 1.87 bits per heavy atom. The van der Waals surface area contributed by atoms with Crippen LogP contribution in [0, 0.1) is 29.2 Å². The van der Waals surface area contributed by atoms with Crippen molar-refractivity contribution in [1.29, 1.82) is 0 Å². The topological polar surface area (TPSA) is 107 Å². The highest BCUT2D eigenvalue weighted by atomic mass is 32.2. The maximum absolute atomic E-state index is 14.1. The minimum absolute atomic E-state index is 0.0349. The molecule has 3 aliphatic rings. The van der Waals surface area contributed by atoms with E-state index in [1.54, 1.807) is 0 Å². The van der Waals surface area contributed by atoms with Gasteiger partial charge >= 0.3 is 22.1 Å². The maximum atomic E-state index is 14.1. The van der Waals surface area contributed by atoms with Gasteiger partial charge in [0, 0.05) is 18.3 Å². The minimum Gasteiger partial charge on any atom is -0.465 e. The van der Waals surface area contributed by atoms with E-state index in [1.165, 1.54) is 11.1 Å². The van der Waals surface area contributed by atoms with Gasteiger partial charge in [0.2, 0.25) is 17.4 Å². The molecule has 0 heterocycles. The van der Waals surface area contributed by atoms with Crippen LogP contribution in [-0.4, -0.2) is 31.5 Å². The molecule has 12 heteroatoms. The summed E-state index contributed by atoms with van der Waals surface area (Å²) >= 11 is 0. The Bertz CT molecular complexity index is 1530. The second-order valence-corrected chi connectivity index (χ2v) is 10.6. The van der Waals surface area contributed by atoms with Crippen molar-refractivity contribution in [2.45, 2.75) is 36.0 Å². The summed E-state index contributed by atoms with van der Waals surface area (Å²) in [6, 6.07) is 15.8. The van der Waals surface area contributed by atoms with E-state index in [-0.39, 0.29) is 24.9 Å². The predicted octanol–water partition coefficient (Wildman–Crippen LogP) is 5.02. The fourth-order valence-electron chi connectivity index (χ4n) is 5.44. The third-order valence-corrected chi connectivity index (χ3v) is 7.91. The molecular weight excluding hydrogens is 544 g/mol. The van der Waals surface area contributed by atoms with Gasteiger partial charge in [-0.2, -0.15) is 17.2 Å². The van der Waals surface area contributed by atoms with Crippen LogP contribution in [0.1, 0.15) is 53.4 Å². The van der Waals surface area contributed by atoms with Gasteiger partial charge in [-0.1, -0.05) is 48.5 Å². The summed E-state index contributed by atoms with van der Waals surface area (Å²) in [4.78, 5) is 22.8. The Balaban J connectivity index is 1.21. The molecule has 0 amide bonds. The van der Waals surface area contributed by atoms with Crippen molar-refractivity contribution in [2.24, 2.45) is 5.92 Å². The lowest BCUT2D eigenvalue weighted by atomic mass is 9.59. The molecule has 1 unspecified atom stereocenters. The van der Waals surface area contributed by atoms with Crippen LogP contribution in [0.25, 0.3) is 0 Å². The van der Waals surface area contributed by atoms with Gasteiger partial charge in [-0.05, 0) is 35.1 Å². The van der Waals surface area contributed by atoms with Crippen LogP contribution in [0.3, 0.4) is 0 Å². The largest absolute Gasteiger partial charge is 0.465 e. The van der Waals surface area contributed by atoms with Crippen LogP contribution < -0.4 is 4.74 Å². The van der Waals surface area contributed by atoms with Gasteiger partial charge in [-0.3, -0.25) is 14.1 Å². The van der Waals surface area contributed by atoms with E-state index in [4.69, 9.17) is 9.29 Å². The van der Waals surface area contributed by atoms with Crippen molar-refractivity contribution in [3.05, 3.63) is 94.1 Å². The number of ether oxygens (including phenoxy) is 2. The standard InChI is InChI=1S/C27H20F4O7S/c28-21-23(30)26(39(34,35)36)24(31)22(29)25(21)38-19(32)10-5-11-37-27(33)18-12-17-13-6-1-3-8-15(13)20(18)16-9-4-2-7-14(16)17/h1-4,6-9,17-18,20H,5,10-12H2,(H,34,35,36). The highest BCUT2D eigenvalue weighted by Gasteiger charge is 2.46. The van der Waals surface area contributed by atoms with E-state index in [0.29, 0.717) is 6.42 Å². The summed E-state index contributed by atoms with van der Waals surface area (Å²) in [6.07, 6.45) is -0.123. The third-order valence-electron chi connectivity index (χ3n) is 7.03. The number of carbonyl (C=O) groups excluding carboxylic acids is 2. The smallest absolute Gasteiger partial charge is 0.311 e. The van der Waals surface area contributed by atoms with Gasteiger partial charge in [-0.25, -0.2) is 8.78 Å². The van der Waals surface area contributed by atoms with Crippen molar-refractivity contribution < 1.29 is 49.6 Å². The molecule has 7 nitrogen and oxygen atoms in total. The predicted molar refractivity (Wildman–Crippen MR) is 127 cm³/mol. The first kappa shape index (κ1) is 26.8. The van der Waals surface area contributed by atoms with Gasteiger partial charge in [-0.15, -0.1) is 0 Å². The van der Waals surface area contributed by atoms with Gasteiger partial charge in [0.05, 0.1) is 12.5 Å². The summed E-state index contributed by atoms with van der Waals surface area (Å²) in [5.41, 5.74) is 4.46. The maximum Gasteiger partial charge on any atom is 0.311 e. The number of hydrogen-bond donors (Lipinski definition) is 1. The van der Waals surface area contributed by atoms with E-state index in [1.807, 2.05) is 36.4 Å². The summed E-state index contributed by atoms with van der Waals surface area (Å²) in [7, 11) is -5.64. The first-order chi connectivity index (χ1) is 18.5. The molecule has 1 N–H and O–H groups in total. The van der Waals surface area contributed by atoms with Crippen molar-refractivity contribution in [3.8, 4) is 5.75 Å². The Labute approximate surface area is 220 Å². The lowest BCUT2D eigenvalue weighted by molar-refractivity contribution is -0.150. The van der Waals surface area contributed by atoms with Gasteiger partial charge < -0.3 is 9.47 Å². The fraction of sp³-hybridized carbons (Fsp3) is 0.259. The zero-order chi connectivity index (χ0) is 28.1. The number of esters is 2. The molecule has 3 aromatic carbocycles. The molecule has 0 aliphatic heterocycles. The summed E-state index contributed by atoms with van der Waals surface area (Å²) in [6.45, 7) is -0.236. The average molecular weight is 565 g/mol. The van der Waals surface area contributed by atoms with Gasteiger partial charge in [0.15, 0.2) is 16.5 Å². The van der Waals surface area contributed by atoms with Crippen LogP contribution in [0.5, 0.6) is 5.75 Å². The Kier molecular flexibility index (Phi) is 6.93. The molecule has 0 fully saturated rings. The van der Waals surface area contributed by atoms with E-state index < -0.39 is 68.3 Å². The zero-order valence-corrected chi connectivity index (χ0v) is 20.8. The zero-order valence-electron chi connectivity index (χ0n) is 20.0. The molecule has 2 bridgehead atoms. The molecule has 1 atom stereocenters. The molecule has 3 aliphatic carbocycles. The number of benzene rings is 3. The molecule has 39 heavy (non-hydrogen) atoms. The van der Waals surface area contributed by atoms with E-state index >= 15 is 0 Å². The quantitative estimate of drug-likeness (QED) is 0.107. The van der Waals surface area contributed by atoms with Crippen LogP contribution in [0.2, 0.25) is 0 Å². The van der Waals surface area contributed by atoms with Crippen molar-refractivity contribution in [2.75, 3.05) is 6.61 Å². The highest BCUT2D eigenvalue weighted by molar-refractivity contribution is 7.85. The lowest BCUT2D eigenvalue weighted by Crippen LogP contribution is -2.37. The van der Waals surface area contributed by atoms with E-state index in [0.717, 1.165) is 11.1 Å². The van der Waals surface area contributed by atoms with E-state index in [2.05, 4.69) is 16.9 Å². The third kappa shape index (κ3) is 4.67. The fourth-order valence-corrected chi connectivity index (χ4v) is 6.07. The molecule has 6 rings (SSSR count). The Hall–Kier alpha value is -3.77. The molecule has 3 aromatic rings. The van der Waals surface area contributed by atoms with Crippen LogP contribution in [0.15, 0.2) is 53.4 Å². The second kappa shape index (κ2) is 10.1. The number of halogens is 4. The number of carbonyl (C=O) groups is 2. The van der Waals surface area contributed by atoms with Crippen LogP contribution in [-0.2, 0) is 24.4 Å². The average Bonchev–Trinajstić information content (AvgIpc) is 2.91. The molecule has 0 saturated carbocycles. The van der Waals surface area contributed by atoms with E-state index in [9.17, 15) is 35.6 Å². The molecule has 0 spiro atoms. The normalized spacial score (nSPS) is 19.3. The summed E-state index contributed by atoms with van der Waals surface area (Å²) < 4.78 is 96.5. The summed E-state index contributed by atoms with van der Waals surface area (Å²) in [5.74, 6) is -13.7. The van der Waals surface area contributed by atoms with Crippen molar-refractivity contribution in [3.63, 3.8) is 0 Å². The van der Waals surface area contributed by atoms with Gasteiger partial charge in [0.1, 0.15) is 0 Å². The highest BCUT2D eigenvalue weighted by Crippen LogP contribution is 2.55. The first-order valence-electron chi connectivity index (χ1n) is 11.9. The molecule has 0 radical (unpaired) electrons. The molecule has 0 aromatic heterocycles. The molecular formula is C27H20F4O7S. The molecule has 0 saturated heterocycles. The first-order valence-corrected chi connectivity index (χ1v) is 13.3. The van der Waals surface area contributed by atoms with Crippen LogP contribution >= 0.6 is 0 Å². The SMILES string of the molecule is O=C(CCCOC(=O)C1CC2c3ccccc3C1c1ccccc12)Oc1c(F)c(F)c(S(=O)(=O)O)c(F)c1F. The molecule has 204 valence electrons. The minimum atomic E-state index is -5.64. The summed E-state index contributed by atoms with van der Waals surface area (Å²) in [5, 5.41) is 0.